The van der Waals surface area contributed by atoms with Crippen molar-refractivity contribution in [3.05, 3.63) is 94.0 Å². The van der Waals surface area contributed by atoms with Crippen molar-refractivity contribution in [2.24, 2.45) is 0 Å². The molecule has 0 spiro atoms. The van der Waals surface area contributed by atoms with E-state index in [1.165, 1.54) is 16.4 Å². The Labute approximate surface area is 185 Å². The summed E-state index contributed by atoms with van der Waals surface area (Å²) in [5.74, 6) is -0.389. The second-order valence-electron chi connectivity index (χ2n) is 7.08. The molecule has 0 atom stereocenters. The van der Waals surface area contributed by atoms with Crippen molar-refractivity contribution in [3.63, 3.8) is 0 Å². The van der Waals surface area contributed by atoms with E-state index in [2.05, 4.69) is 21.2 Å². The molecule has 3 aromatic carbocycles. The van der Waals surface area contributed by atoms with Gasteiger partial charge in [0.05, 0.1) is 11.4 Å². The second kappa shape index (κ2) is 9.55. The molecule has 0 fully saturated rings. The first-order chi connectivity index (χ1) is 14.3. The van der Waals surface area contributed by atoms with Crippen LogP contribution >= 0.6 is 15.9 Å². The van der Waals surface area contributed by atoms with Crippen LogP contribution < -0.4 is 5.32 Å². The molecule has 0 aromatic heterocycles. The fourth-order valence-corrected chi connectivity index (χ4v) is 4.65. The molecule has 0 radical (unpaired) electrons. The van der Waals surface area contributed by atoms with Crippen LogP contribution in [0.1, 0.15) is 16.7 Å². The van der Waals surface area contributed by atoms with Crippen molar-refractivity contribution in [3.8, 4) is 0 Å². The number of sulfonamides is 1. The molecule has 1 N–H and O–H groups in total. The van der Waals surface area contributed by atoms with E-state index in [9.17, 15) is 13.2 Å². The number of hydrogen-bond acceptors (Lipinski definition) is 3. The van der Waals surface area contributed by atoms with E-state index in [0.717, 1.165) is 21.2 Å². The number of nitrogens with one attached hydrogen (secondary N) is 1. The van der Waals surface area contributed by atoms with Crippen molar-refractivity contribution in [2.75, 3.05) is 11.9 Å². The zero-order valence-electron chi connectivity index (χ0n) is 16.8. The minimum absolute atomic E-state index is 0.0880. The molecule has 0 saturated heterocycles. The van der Waals surface area contributed by atoms with Gasteiger partial charge in [0.25, 0.3) is 0 Å². The minimum Gasteiger partial charge on any atom is -0.325 e. The smallest absolute Gasteiger partial charge is 0.243 e. The number of benzene rings is 3. The third kappa shape index (κ3) is 5.56. The molecule has 0 heterocycles. The molecule has 3 rings (SSSR count). The van der Waals surface area contributed by atoms with E-state index in [-0.39, 0.29) is 23.9 Å². The lowest BCUT2D eigenvalue weighted by Gasteiger charge is -2.22. The van der Waals surface area contributed by atoms with Crippen LogP contribution in [0, 0.1) is 13.8 Å². The van der Waals surface area contributed by atoms with Crippen LogP contribution in [0.25, 0.3) is 0 Å². The summed E-state index contributed by atoms with van der Waals surface area (Å²) in [7, 11) is -3.85. The summed E-state index contributed by atoms with van der Waals surface area (Å²) in [6, 6.07) is 21.3. The van der Waals surface area contributed by atoms with Gasteiger partial charge < -0.3 is 5.32 Å². The van der Waals surface area contributed by atoms with Gasteiger partial charge in [-0.25, -0.2) is 8.42 Å². The highest BCUT2D eigenvalue weighted by molar-refractivity contribution is 9.10. The molecule has 1 amide bonds. The van der Waals surface area contributed by atoms with Crippen molar-refractivity contribution < 1.29 is 13.2 Å². The monoisotopic (exact) mass is 486 g/mol. The number of carbonyl (C=O) groups is 1. The number of carbonyl (C=O) groups excluding carboxylic acids is 1. The van der Waals surface area contributed by atoms with Crippen molar-refractivity contribution in [1.29, 1.82) is 0 Å². The van der Waals surface area contributed by atoms with Gasteiger partial charge in [0.15, 0.2) is 0 Å². The highest BCUT2D eigenvalue weighted by Crippen LogP contribution is 2.21. The zero-order valence-corrected chi connectivity index (χ0v) is 19.2. The lowest BCUT2D eigenvalue weighted by Crippen LogP contribution is -2.37. The number of nitrogens with zero attached hydrogens (tertiary/aromatic N) is 1. The summed E-state index contributed by atoms with van der Waals surface area (Å²) in [6.07, 6.45) is 0. The molecule has 0 unspecified atom stereocenters. The molecule has 0 bridgehead atoms. The normalized spacial score (nSPS) is 11.5. The molecule has 3 aromatic rings. The van der Waals surface area contributed by atoms with Crippen LogP contribution in [0.5, 0.6) is 0 Å². The summed E-state index contributed by atoms with van der Waals surface area (Å²) < 4.78 is 28.6. The van der Waals surface area contributed by atoms with Crippen LogP contribution in [0.15, 0.2) is 82.2 Å². The molecular formula is C23H23BrN2O3S. The van der Waals surface area contributed by atoms with Gasteiger partial charge >= 0.3 is 0 Å². The van der Waals surface area contributed by atoms with Gasteiger partial charge in [-0.3, -0.25) is 4.79 Å². The van der Waals surface area contributed by atoms with Crippen molar-refractivity contribution >= 4 is 37.5 Å². The maximum absolute atomic E-state index is 13.2. The highest BCUT2D eigenvalue weighted by Gasteiger charge is 2.27. The lowest BCUT2D eigenvalue weighted by atomic mass is 10.1. The van der Waals surface area contributed by atoms with E-state index in [4.69, 9.17) is 0 Å². The van der Waals surface area contributed by atoms with Crippen molar-refractivity contribution in [2.45, 2.75) is 25.3 Å². The number of amides is 1. The molecule has 5 nitrogen and oxygen atoms in total. The first kappa shape index (κ1) is 22.2. The fourth-order valence-electron chi connectivity index (χ4n) is 2.98. The summed E-state index contributed by atoms with van der Waals surface area (Å²) in [6.45, 7) is 3.63. The van der Waals surface area contributed by atoms with Gasteiger partial charge in [-0.2, -0.15) is 4.31 Å². The third-order valence-electron chi connectivity index (χ3n) is 4.64. The average Bonchev–Trinajstić information content (AvgIpc) is 2.72. The summed E-state index contributed by atoms with van der Waals surface area (Å²) in [5.41, 5.74) is 3.40. The van der Waals surface area contributed by atoms with Crippen LogP contribution in [0.4, 0.5) is 5.69 Å². The number of anilines is 1. The van der Waals surface area contributed by atoms with E-state index in [1.807, 2.05) is 56.3 Å². The Balaban J connectivity index is 1.87. The molecule has 0 aliphatic heterocycles. The number of hydrogen-bond donors (Lipinski definition) is 1. The standard InChI is InChI=1S/C23H23BrN2O3S/c1-17-8-9-18(2)22(14-17)25-23(27)16-26(15-19-10-12-20(24)13-11-19)30(28,29)21-6-4-3-5-7-21/h3-14H,15-16H2,1-2H3,(H,25,27). The third-order valence-corrected chi connectivity index (χ3v) is 6.97. The Morgan fingerprint density at radius 3 is 2.30 bits per heavy atom. The zero-order chi connectivity index (χ0) is 21.7. The molecule has 7 heteroatoms. The maximum atomic E-state index is 13.2. The Bertz CT molecular complexity index is 1130. The Morgan fingerprint density at radius 2 is 1.63 bits per heavy atom. The van der Waals surface area contributed by atoms with Crippen LogP contribution in [0.2, 0.25) is 0 Å². The van der Waals surface area contributed by atoms with Gasteiger partial charge in [-0.05, 0) is 60.9 Å². The summed E-state index contributed by atoms with van der Waals surface area (Å²) in [5, 5.41) is 2.85. The largest absolute Gasteiger partial charge is 0.325 e. The van der Waals surface area contributed by atoms with Gasteiger partial charge in [0.1, 0.15) is 0 Å². The van der Waals surface area contributed by atoms with Gasteiger partial charge in [0, 0.05) is 16.7 Å². The Morgan fingerprint density at radius 1 is 0.967 bits per heavy atom. The molecular weight excluding hydrogens is 464 g/mol. The lowest BCUT2D eigenvalue weighted by molar-refractivity contribution is -0.116. The summed E-state index contributed by atoms with van der Waals surface area (Å²) in [4.78, 5) is 12.9. The first-order valence-corrected chi connectivity index (χ1v) is 11.7. The second-order valence-corrected chi connectivity index (χ2v) is 9.93. The topological polar surface area (TPSA) is 66.5 Å². The number of aryl methyl sites for hydroxylation is 2. The number of rotatable bonds is 7. The van der Waals surface area contributed by atoms with E-state index >= 15 is 0 Å². The average molecular weight is 487 g/mol. The fraction of sp³-hybridized carbons (Fsp3) is 0.174. The summed E-state index contributed by atoms with van der Waals surface area (Å²) >= 11 is 3.38. The van der Waals surface area contributed by atoms with E-state index in [0.29, 0.717) is 5.69 Å². The molecule has 30 heavy (non-hydrogen) atoms. The van der Waals surface area contributed by atoms with Gasteiger partial charge in [-0.15, -0.1) is 0 Å². The minimum atomic E-state index is -3.85. The van der Waals surface area contributed by atoms with Crippen molar-refractivity contribution in [1.82, 2.24) is 4.31 Å². The van der Waals surface area contributed by atoms with E-state index < -0.39 is 10.0 Å². The molecule has 0 aliphatic carbocycles. The van der Waals surface area contributed by atoms with Gasteiger partial charge in [0.2, 0.25) is 15.9 Å². The predicted molar refractivity (Wildman–Crippen MR) is 123 cm³/mol. The quantitative estimate of drug-likeness (QED) is 0.516. The molecule has 0 saturated carbocycles. The van der Waals surface area contributed by atoms with Crippen LogP contribution in [-0.2, 0) is 21.4 Å². The maximum Gasteiger partial charge on any atom is 0.243 e. The molecule has 0 aliphatic rings. The van der Waals surface area contributed by atoms with Crippen LogP contribution in [0.3, 0.4) is 0 Å². The highest BCUT2D eigenvalue weighted by atomic mass is 79.9. The SMILES string of the molecule is Cc1ccc(C)c(NC(=O)CN(Cc2ccc(Br)cc2)S(=O)(=O)c2ccccc2)c1. The Kier molecular flexibility index (Phi) is 7.07. The first-order valence-electron chi connectivity index (χ1n) is 9.42. The van der Waals surface area contributed by atoms with E-state index in [1.54, 1.807) is 18.2 Å². The number of halogens is 1. The molecule has 156 valence electrons. The van der Waals surface area contributed by atoms with Gasteiger partial charge in [-0.1, -0.05) is 58.4 Å². The predicted octanol–water partition coefficient (Wildman–Crippen LogP) is 4.90. The van der Waals surface area contributed by atoms with Crippen LogP contribution in [-0.4, -0.2) is 25.2 Å². The Hall–Kier alpha value is -2.48.